The largest absolute Gasteiger partial charge is 0.465 e. The third kappa shape index (κ3) is 10.9. The Hall–Kier alpha value is -0.970. The first kappa shape index (κ1) is 47.4. The summed E-state index contributed by atoms with van der Waals surface area (Å²) in [6.45, 7) is 24.1. The monoisotopic (exact) mass is 775 g/mol. The van der Waals surface area contributed by atoms with Crippen LogP contribution in [0.2, 0.25) is 0 Å². The minimum absolute atomic E-state index is 0.0274. The molecular weight excluding hydrogens is 696 g/mol. The van der Waals surface area contributed by atoms with E-state index in [0.29, 0.717) is 32.4 Å². The molecule has 13 nitrogen and oxygen atoms in total. The molecule has 3 N–H and O–H groups in total. The summed E-state index contributed by atoms with van der Waals surface area (Å²) in [5.74, 6) is -1.79. The van der Waals surface area contributed by atoms with Gasteiger partial charge >= 0.3 is 5.97 Å². The maximum Gasteiger partial charge on any atom is 0.311 e. The Morgan fingerprint density at radius 1 is 1.02 bits per heavy atom. The molecule has 3 rings (SSSR count). The summed E-state index contributed by atoms with van der Waals surface area (Å²) >= 11 is 0. The van der Waals surface area contributed by atoms with Gasteiger partial charge in [0.25, 0.3) is 0 Å². The molecule has 0 aromatic heterocycles. The van der Waals surface area contributed by atoms with Crippen LogP contribution in [0, 0.1) is 23.7 Å². The van der Waals surface area contributed by atoms with E-state index in [0.717, 1.165) is 6.42 Å². The van der Waals surface area contributed by atoms with Gasteiger partial charge in [0.05, 0.1) is 60.9 Å². The van der Waals surface area contributed by atoms with Crippen LogP contribution < -0.4 is 0 Å². The van der Waals surface area contributed by atoms with Crippen molar-refractivity contribution < 1.29 is 53.3 Å². The van der Waals surface area contributed by atoms with E-state index in [2.05, 4.69) is 32.8 Å². The Balaban J connectivity index is 2.01. The Bertz CT molecular complexity index is 1180. The number of ether oxygens (including phenoxy) is 7. The third-order valence-corrected chi connectivity index (χ3v) is 12.8. The van der Waals surface area contributed by atoms with Gasteiger partial charge in [0.1, 0.15) is 11.2 Å². The molecular formula is C41H78N2O11. The average Bonchev–Trinajstić information content (AvgIpc) is 3.89. The quantitative estimate of drug-likeness (QED) is 0.120. The van der Waals surface area contributed by atoms with Crippen LogP contribution >= 0.6 is 0 Å². The predicted molar refractivity (Wildman–Crippen MR) is 207 cm³/mol. The fraction of sp³-hybridized carbons (Fsp3) is 0.976. The van der Waals surface area contributed by atoms with Crippen molar-refractivity contribution in [2.75, 3.05) is 48.0 Å². The van der Waals surface area contributed by atoms with Crippen molar-refractivity contribution in [1.82, 2.24) is 9.80 Å². The molecule has 3 aliphatic rings. The Morgan fingerprint density at radius 3 is 2.15 bits per heavy atom. The molecule has 0 bridgehead atoms. The van der Waals surface area contributed by atoms with Crippen LogP contribution in [0.25, 0.3) is 0 Å². The molecule has 15 unspecified atom stereocenters. The zero-order valence-electron chi connectivity index (χ0n) is 36.5. The van der Waals surface area contributed by atoms with Gasteiger partial charge in [-0.1, -0.05) is 27.7 Å². The number of epoxide rings is 1. The van der Waals surface area contributed by atoms with E-state index >= 15 is 0 Å². The molecule has 3 aliphatic heterocycles. The van der Waals surface area contributed by atoms with Crippen LogP contribution in [0.4, 0.5) is 0 Å². The number of likely N-dealkylation sites (N-methyl/N-ethyl adjacent to an activating group) is 1. The number of hydrogen-bond donors (Lipinski definition) is 3. The van der Waals surface area contributed by atoms with Crippen molar-refractivity contribution >= 4 is 5.97 Å². The zero-order chi connectivity index (χ0) is 41.1. The standard InChI is InChI=1S/C41H78N2O11/c1-17-18-49-36(45)28(6)33(53-32-21-40(12,48-16)41(23-50-41)30(8)52-32)27(5)35(54-37-26(4)31(42(13)14)19-25(3)51-37)39(11,47)20-24(2)22-43(15)29(7)34(44)38(9,10)46/h24-35,37,44,46-47H,17-23H2,1-16H3/t24?,25?,26-,27?,28?,29?,30?,31?,32?,33?,34?,35?,37?,39?,40?,41?/m1/s1. The number of methoxy groups -OCH3 is 1. The smallest absolute Gasteiger partial charge is 0.311 e. The second-order valence-corrected chi connectivity index (χ2v) is 18.4. The number of carbonyl (C=O) groups is 1. The van der Waals surface area contributed by atoms with Gasteiger partial charge in [-0.3, -0.25) is 4.79 Å². The number of nitrogens with zero attached hydrogens (tertiary/aromatic N) is 2. The van der Waals surface area contributed by atoms with E-state index in [9.17, 15) is 20.1 Å². The molecule has 3 fully saturated rings. The van der Waals surface area contributed by atoms with E-state index in [4.69, 9.17) is 33.2 Å². The summed E-state index contributed by atoms with van der Waals surface area (Å²) in [6.07, 6.45) is -2.19. The van der Waals surface area contributed by atoms with Crippen molar-refractivity contribution in [1.29, 1.82) is 0 Å². The van der Waals surface area contributed by atoms with Gasteiger partial charge in [0, 0.05) is 44.0 Å². The van der Waals surface area contributed by atoms with E-state index in [-0.39, 0.29) is 42.7 Å². The first-order valence-corrected chi connectivity index (χ1v) is 20.3. The summed E-state index contributed by atoms with van der Waals surface area (Å²) in [5, 5.41) is 34.0. The highest BCUT2D eigenvalue weighted by atomic mass is 16.7. The fourth-order valence-corrected chi connectivity index (χ4v) is 9.11. The lowest BCUT2D eigenvalue weighted by molar-refractivity contribution is -0.308. The lowest BCUT2D eigenvalue weighted by Gasteiger charge is -2.49. The van der Waals surface area contributed by atoms with E-state index in [1.807, 2.05) is 53.5 Å². The van der Waals surface area contributed by atoms with Crippen LogP contribution in [0.1, 0.15) is 109 Å². The molecule has 16 atom stereocenters. The van der Waals surface area contributed by atoms with Crippen molar-refractivity contribution in [3.63, 3.8) is 0 Å². The summed E-state index contributed by atoms with van der Waals surface area (Å²) in [6, 6.07) is -0.153. The molecule has 0 radical (unpaired) electrons. The van der Waals surface area contributed by atoms with Gasteiger partial charge in [-0.2, -0.15) is 0 Å². The summed E-state index contributed by atoms with van der Waals surface area (Å²) in [4.78, 5) is 17.8. The molecule has 13 heteroatoms. The Morgan fingerprint density at radius 2 is 1.63 bits per heavy atom. The van der Waals surface area contributed by atoms with Gasteiger partial charge in [-0.25, -0.2) is 0 Å². The Kier molecular flexibility index (Phi) is 16.5. The number of rotatable bonds is 20. The first-order valence-electron chi connectivity index (χ1n) is 20.3. The minimum atomic E-state index is -1.43. The molecule has 0 aromatic rings. The van der Waals surface area contributed by atoms with E-state index < -0.39 is 71.1 Å². The molecule has 318 valence electrons. The molecule has 3 heterocycles. The normalized spacial score (nSPS) is 35.6. The summed E-state index contributed by atoms with van der Waals surface area (Å²) in [5.41, 5.74) is -3.96. The van der Waals surface area contributed by atoms with Crippen LogP contribution in [0.3, 0.4) is 0 Å². The Labute approximate surface area is 326 Å². The average molecular weight is 775 g/mol. The number of aliphatic hydroxyl groups is 3. The highest BCUT2D eigenvalue weighted by Crippen LogP contribution is 2.51. The van der Waals surface area contributed by atoms with Crippen LogP contribution in [-0.2, 0) is 38.0 Å². The van der Waals surface area contributed by atoms with Crippen molar-refractivity contribution in [3.8, 4) is 0 Å². The number of carbonyl (C=O) groups excluding carboxylic acids is 1. The predicted octanol–water partition coefficient (Wildman–Crippen LogP) is 4.22. The second kappa shape index (κ2) is 18.7. The molecule has 1 spiro atoms. The maximum atomic E-state index is 13.6. The lowest BCUT2D eigenvalue weighted by atomic mass is 9.77. The highest BCUT2D eigenvalue weighted by molar-refractivity contribution is 5.72. The van der Waals surface area contributed by atoms with Crippen LogP contribution in [-0.4, -0.2) is 157 Å². The number of hydrogen-bond acceptors (Lipinski definition) is 13. The molecule has 3 saturated heterocycles. The van der Waals surface area contributed by atoms with Crippen molar-refractivity contribution in [3.05, 3.63) is 0 Å². The zero-order valence-corrected chi connectivity index (χ0v) is 36.5. The molecule has 0 aliphatic carbocycles. The molecule has 0 aromatic carbocycles. The van der Waals surface area contributed by atoms with Gasteiger partial charge < -0.3 is 58.3 Å². The maximum absolute atomic E-state index is 13.6. The number of aliphatic hydroxyl groups excluding tert-OH is 1. The highest BCUT2D eigenvalue weighted by Gasteiger charge is 2.67. The van der Waals surface area contributed by atoms with Gasteiger partial charge in [0.15, 0.2) is 12.6 Å². The van der Waals surface area contributed by atoms with Crippen molar-refractivity contribution in [2.45, 2.75) is 186 Å². The minimum Gasteiger partial charge on any atom is -0.465 e. The van der Waals surface area contributed by atoms with Gasteiger partial charge in [0.2, 0.25) is 0 Å². The van der Waals surface area contributed by atoms with Gasteiger partial charge in [-0.05, 0) is 102 Å². The summed E-state index contributed by atoms with van der Waals surface area (Å²) < 4.78 is 44.5. The van der Waals surface area contributed by atoms with Gasteiger partial charge in [-0.15, -0.1) is 0 Å². The molecule has 0 amide bonds. The summed E-state index contributed by atoms with van der Waals surface area (Å²) in [7, 11) is 7.70. The second-order valence-electron chi connectivity index (χ2n) is 18.4. The fourth-order valence-electron chi connectivity index (χ4n) is 9.11. The van der Waals surface area contributed by atoms with E-state index in [1.165, 1.54) is 0 Å². The number of esters is 1. The van der Waals surface area contributed by atoms with Crippen LogP contribution in [0.15, 0.2) is 0 Å². The topological polar surface area (TPSA) is 152 Å². The first-order chi connectivity index (χ1) is 24.8. The SMILES string of the molecule is CCCOC(=O)C(C)C(OC1CC(C)(OC)C2(CO2)C(C)O1)C(C)C(OC1OC(C)CC(N(C)C)[C@H]1C)C(C)(O)CC(C)CN(C)C(C)C(O)C(C)(C)O. The molecule has 54 heavy (non-hydrogen) atoms. The lowest BCUT2D eigenvalue weighted by Crippen LogP contribution is -2.61. The molecule has 0 saturated carbocycles. The van der Waals surface area contributed by atoms with Crippen LogP contribution in [0.5, 0.6) is 0 Å². The van der Waals surface area contributed by atoms with Crippen molar-refractivity contribution in [2.24, 2.45) is 23.7 Å². The van der Waals surface area contributed by atoms with E-state index in [1.54, 1.807) is 34.8 Å². The third-order valence-electron chi connectivity index (χ3n) is 12.8.